The zero-order chi connectivity index (χ0) is 15.4. The first-order valence-electron chi connectivity index (χ1n) is 7.57. The molecular formula is C17H19NO4. The number of methoxy groups -OCH3 is 1. The summed E-state index contributed by atoms with van der Waals surface area (Å²) in [5.74, 6) is 1.64. The van der Waals surface area contributed by atoms with Crippen molar-refractivity contribution < 1.29 is 19.4 Å². The molecule has 1 amide bonds. The number of hydrogen-bond acceptors (Lipinski definition) is 4. The van der Waals surface area contributed by atoms with E-state index in [2.05, 4.69) is 0 Å². The Labute approximate surface area is 129 Å². The first-order valence-corrected chi connectivity index (χ1v) is 7.57. The predicted molar refractivity (Wildman–Crippen MR) is 80.1 cm³/mol. The number of carbonyl (C=O) groups is 1. The highest BCUT2D eigenvalue weighted by atomic mass is 16.5. The van der Waals surface area contributed by atoms with Crippen LogP contribution in [0.4, 0.5) is 0 Å². The van der Waals surface area contributed by atoms with E-state index in [0.717, 1.165) is 40.2 Å². The van der Waals surface area contributed by atoms with Crippen LogP contribution in [-0.2, 0) is 11.3 Å². The summed E-state index contributed by atoms with van der Waals surface area (Å²) >= 11 is 0. The lowest BCUT2D eigenvalue weighted by Gasteiger charge is -2.29. The van der Waals surface area contributed by atoms with Gasteiger partial charge in [0.2, 0.25) is 6.41 Å². The monoisotopic (exact) mass is 301 g/mol. The third-order valence-corrected chi connectivity index (χ3v) is 4.96. The fourth-order valence-corrected chi connectivity index (χ4v) is 4.03. The summed E-state index contributed by atoms with van der Waals surface area (Å²) in [6, 6.07) is 1.97. The molecule has 1 unspecified atom stereocenters. The van der Waals surface area contributed by atoms with Crippen molar-refractivity contribution in [2.24, 2.45) is 0 Å². The summed E-state index contributed by atoms with van der Waals surface area (Å²) in [5.41, 5.74) is 4.47. The van der Waals surface area contributed by atoms with Crippen LogP contribution in [0.25, 0.3) is 0 Å². The molecule has 0 aromatic heterocycles. The minimum atomic E-state index is -0.521. The van der Waals surface area contributed by atoms with Gasteiger partial charge in [-0.15, -0.1) is 0 Å². The van der Waals surface area contributed by atoms with E-state index in [1.165, 1.54) is 0 Å². The summed E-state index contributed by atoms with van der Waals surface area (Å²) in [6.07, 6.45) is 2.75. The summed E-state index contributed by atoms with van der Waals surface area (Å²) in [7, 11) is 1.64. The largest absolute Gasteiger partial charge is 0.493 e. The van der Waals surface area contributed by atoms with Crippen molar-refractivity contribution in [2.75, 3.05) is 13.7 Å². The van der Waals surface area contributed by atoms with E-state index >= 15 is 0 Å². The van der Waals surface area contributed by atoms with Gasteiger partial charge in [0.1, 0.15) is 6.10 Å². The maximum Gasteiger partial charge on any atom is 0.210 e. The van der Waals surface area contributed by atoms with Gasteiger partial charge in [0.25, 0.3) is 0 Å². The number of aryl methyl sites for hydroxylation is 1. The smallest absolute Gasteiger partial charge is 0.210 e. The molecule has 1 aliphatic carbocycles. The van der Waals surface area contributed by atoms with E-state index in [-0.39, 0.29) is 12.0 Å². The fraction of sp³-hybridized carbons (Fsp3) is 0.471. The molecule has 2 heterocycles. The number of amides is 1. The van der Waals surface area contributed by atoms with Gasteiger partial charge in [-0.3, -0.25) is 4.79 Å². The first kappa shape index (κ1) is 13.6. The Hall–Kier alpha value is -2.01. The molecule has 4 rings (SSSR count). The molecule has 3 atom stereocenters. The Bertz CT molecular complexity index is 682. The van der Waals surface area contributed by atoms with Crippen molar-refractivity contribution in [1.82, 2.24) is 4.90 Å². The van der Waals surface area contributed by atoms with Crippen molar-refractivity contribution in [3.8, 4) is 11.5 Å². The highest BCUT2D eigenvalue weighted by Gasteiger charge is 2.45. The van der Waals surface area contributed by atoms with E-state index < -0.39 is 6.10 Å². The zero-order valence-electron chi connectivity index (χ0n) is 12.7. The quantitative estimate of drug-likeness (QED) is 0.664. The summed E-state index contributed by atoms with van der Waals surface area (Å²) in [5, 5.41) is 10.1. The SMILES string of the molecule is COc1cc(C)c2c3c1OC1C[C@@H](O)C=C(CN(C=O)C2)[C@@H]31. The number of rotatable bonds is 2. The van der Waals surface area contributed by atoms with Crippen LogP contribution in [0.3, 0.4) is 0 Å². The Morgan fingerprint density at radius 3 is 3.00 bits per heavy atom. The predicted octanol–water partition coefficient (Wildman–Crippen LogP) is 1.51. The molecule has 2 aliphatic heterocycles. The van der Waals surface area contributed by atoms with Crippen LogP contribution in [-0.4, -0.2) is 42.3 Å². The third-order valence-electron chi connectivity index (χ3n) is 4.96. The minimum absolute atomic E-state index is 0.0777. The molecule has 0 fully saturated rings. The topological polar surface area (TPSA) is 59.0 Å². The van der Waals surface area contributed by atoms with Gasteiger partial charge in [-0.2, -0.15) is 0 Å². The highest BCUT2D eigenvalue weighted by molar-refractivity contribution is 5.63. The summed E-state index contributed by atoms with van der Waals surface area (Å²) in [4.78, 5) is 13.1. The normalized spacial score (nSPS) is 28.4. The van der Waals surface area contributed by atoms with E-state index in [4.69, 9.17) is 9.47 Å². The molecule has 1 aromatic carbocycles. The van der Waals surface area contributed by atoms with Crippen molar-refractivity contribution in [3.63, 3.8) is 0 Å². The van der Waals surface area contributed by atoms with Gasteiger partial charge in [0.05, 0.1) is 13.2 Å². The Kier molecular flexibility index (Phi) is 2.94. The van der Waals surface area contributed by atoms with Crippen LogP contribution in [0.2, 0.25) is 0 Å². The van der Waals surface area contributed by atoms with Crippen LogP contribution >= 0.6 is 0 Å². The van der Waals surface area contributed by atoms with Gasteiger partial charge in [0.15, 0.2) is 11.5 Å². The number of carbonyl (C=O) groups excluding carboxylic acids is 1. The number of hydrogen-bond donors (Lipinski definition) is 1. The van der Waals surface area contributed by atoms with Crippen LogP contribution in [0.5, 0.6) is 11.5 Å². The Balaban J connectivity index is 1.97. The van der Waals surface area contributed by atoms with Crippen molar-refractivity contribution in [2.45, 2.75) is 38.0 Å². The number of ether oxygens (including phenoxy) is 2. The molecule has 5 nitrogen and oxygen atoms in total. The lowest BCUT2D eigenvalue weighted by atomic mass is 9.79. The Morgan fingerprint density at radius 2 is 2.27 bits per heavy atom. The summed E-state index contributed by atoms with van der Waals surface area (Å²) in [6.45, 7) is 3.16. The van der Waals surface area contributed by atoms with E-state index in [0.29, 0.717) is 19.5 Å². The first-order chi connectivity index (χ1) is 10.6. The van der Waals surface area contributed by atoms with Gasteiger partial charge in [-0.1, -0.05) is 6.08 Å². The number of nitrogens with zero attached hydrogens (tertiary/aromatic N) is 1. The second kappa shape index (κ2) is 4.74. The van der Waals surface area contributed by atoms with Crippen molar-refractivity contribution in [1.29, 1.82) is 0 Å². The van der Waals surface area contributed by atoms with Crippen LogP contribution < -0.4 is 9.47 Å². The molecule has 0 bridgehead atoms. The van der Waals surface area contributed by atoms with Crippen LogP contribution in [0.15, 0.2) is 17.7 Å². The zero-order valence-corrected chi connectivity index (χ0v) is 12.7. The van der Waals surface area contributed by atoms with E-state index in [9.17, 15) is 9.90 Å². The van der Waals surface area contributed by atoms with Crippen LogP contribution in [0, 0.1) is 6.92 Å². The second-order valence-corrected chi connectivity index (χ2v) is 6.31. The van der Waals surface area contributed by atoms with E-state index in [1.54, 1.807) is 12.0 Å². The number of aliphatic hydroxyl groups excluding tert-OH is 1. The number of aliphatic hydroxyl groups is 1. The third kappa shape index (κ3) is 1.78. The standard InChI is InChI=1S/C17H19NO4/c1-9-3-14(21-2)17-16-12(9)7-18(8-19)6-10-4-11(20)5-13(22-17)15(10)16/h3-4,8,11,13,15,20H,5-7H2,1-2H3/t11-,13?,15+/m0/s1. The fourth-order valence-electron chi connectivity index (χ4n) is 4.03. The molecule has 1 aromatic rings. The minimum Gasteiger partial charge on any atom is -0.493 e. The molecule has 0 saturated carbocycles. The van der Waals surface area contributed by atoms with Gasteiger partial charge in [-0.25, -0.2) is 0 Å². The molecule has 5 heteroatoms. The maximum atomic E-state index is 11.4. The molecule has 0 radical (unpaired) electrons. The second-order valence-electron chi connectivity index (χ2n) is 6.31. The molecule has 3 aliphatic rings. The van der Waals surface area contributed by atoms with Crippen LogP contribution in [0.1, 0.15) is 29.0 Å². The lowest BCUT2D eigenvalue weighted by molar-refractivity contribution is -0.118. The molecule has 0 saturated heterocycles. The molecule has 1 N–H and O–H groups in total. The summed E-state index contributed by atoms with van der Waals surface area (Å²) < 4.78 is 11.6. The van der Waals surface area contributed by atoms with Gasteiger partial charge in [-0.05, 0) is 29.7 Å². The van der Waals surface area contributed by atoms with Crippen molar-refractivity contribution in [3.05, 3.63) is 34.4 Å². The molecule has 0 spiro atoms. The molecular weight excluding hydrogens is 282 g/mol. The molecule has 22 heavy (non-hydrogen) atoms. The number of benzene rings is 1. The average molecular weight is 301 g/mol. The van der Waals surface area contributed by atoms with Gasteiger partial charge < -0.3 is 19.5 Å². The maximum absolute atomic E-state index is 11.4. The van der Waals surface area contributed by atoms with E-state index in [1.807, 2.05) is 19.1 Å². The van der Waals surface area contributed by atoms with Crippen molar-refractivity contribution >= 4 is 6.41 Å². The van der Waals surface area contributed by atoms with Gasteiger partial charge >= 0.3 is 0 Å². The van der Waals surface area contributed by atoms with Gasteiger partial charge in [0, 0.05) is 31.0 Å². The Morgan fingerprint density at radius 1 is 1.45 bits per heavy atom. The average Bonchev–Trinajstić information content (AvgIpc) is 2.77. The molecule has 116 valence electrons. The lowest BCUT2D eigenvalue weighted by Crippen LogP contribution is -2.33. The highest BCUT2D eigenvalue weighted by Crippen LogP contribution is 2.53.